The molecule has 0 fully saturated rings. The van der Waals surface area contributed by atoms with Crippen LogP contribution in [0.4, 0.5) is 0 Å². The molecule has 0 N–H and O–H groups in total. The quantitative estimate of drug-likeness (QED) is 0.784. The molecule has 0 radical (unpaired) electrons. The van der Waals surface area contributed by atoms with Gasteiger partial charge in [0.2, 0.25) is 0 Å². The Morgan fingerprint density at radius 3 is 2.82 bits per heavy atom. The van der Waals surface area contributed by atoms with Crippen LogP contribution in [0.2, 0.25) is 5.02 Å². The number of sulfone groups is 1. The average Bonchev–Trinajstić information content (AvgIpc) is 2.60. The fourth-order valence-electron chi connectivity index (χ4n) is 1.79. The lowest BCUT2D eigenvalue weighted by atomic mass is 10.1. The second kappa shape index (κ2) is 4.31. The number of Topliss-reactive ketones (excluding diaryl/α,β-unsaturated/α-hetero) is 1. The van der Waals surface area contributed by atoms with Crippen molar-refractivity contribution < 1.29 is 17.9 Å². The number of carbonyl (C=O) groups excluding carboxylic acids is 1. The van der Waals surface area contributed by atoms with Gasteiger partial charge in [-0.15, -0.1) is 0 Å². The van der Waals surface area contributed by atoms with Gasteiger partial charge in [0, 0.05) is 17.7 Å². The van der Waals surface area contributed by atoms with E-state index in [1.54, 1.807) is 6.07 Å². The van der Waals surface area contributed by atoms with Crippen LogP contribution >= 0.6 is 11.6 Å². The predicted molar refractivity (Wildman–Crippen MR) is 64.7 cm³/mol. The molecule has 2 rings (SSSR count). The first-order valence-corrected chi connectivity index (χ1v) is 7.47. The summed E-state index contributed by atoms with van der Waals surface area (Å²) in [6.07, 6.45) is 1.71. The summed E-state index contributed by atoms with van der Waals surface area (Å²) >= 11 is 5.89. The zero-order valence-corrected chi connectivity index (χ0v) is 10.8. The third kappa shape index (κ3) is 2.79. The predicted octanol–water partition coefficient (Wildman–Crippen LogP) is 1.50. The molecule has 17 heavy (non-hydrogen) atoms. The van der Waals surface area contributed by atoms with E-state index in [2.05, 4.69) is 0 Å². The molecule has 1 aliphatic heterocycles. The largest absolute Gasteiger partial charge is 0.492 e. The standard InChI is InChI=1S/C11H11ClO4S/c1-17(14,15)6-10(13)9-5-8(12)4-7-2-3-16-11(7)9/h4-5H,2-3,6H2,1H3. The molecule has 0 saturated carbocycles. The van der Waals surface area contributed by atoms with Gasteiger partial charge < -0.3 is 4.74 Å². The van der Waals surface area contributed by atoms with Gasteiger partial charge in [0.25, 0.3) is 0 Å². The first-order chi connectivity index (χ1) is 7.87. The normalized spacial score (nSPS) is 14.2. The van der Waals surface area contributed by atoms with E-state index in [1.807, 2.05) is 0 Å². The van der Waals surface area contributed by atoms with E-state index in [1.165, 1.54) is 6.07 Å². The van der Waals surface area contributed by atoms with Gasteiger partial charge in [-0.25, -0.2) is 8.42 Å². The maximum absolute atomic E-state index is 11.9. The van der Waals surface area contributed by atoms with Crippen LogP contribution in [0.1, 0.15) is 15.9 Å². The first kappa shape index (κ1) is 12.4. The van der Waals surface area contributed by atoms with Crippen molar-refractivity contribution >= 4 is 27.2 Å². The summed E-state index contributed by atoms with van der Waals surface area (Å²) in [5.74, 6) is -0.528. The summed E-state index contributed by atoms with van der Waals surface area (Å²) in [7, 11) is -3.35. The van der Waals surface area contributed by atoms with E-state index in [9.17, 15) is 13.2 Å². The number of fused-ring (bicyclic) bond motifs is 1. The second-order valence-corrected chi connectivity index (χ2v) is 6.61. The molecule has 0 amide bonds. The van der Waals surface area contributed by atoms with Gasteiger partial charge in [0.1, 0.15) is 11.5 Å². The average molecular weight is 275 g/mol. The summed E-state index contributed by atoms with van der Waals surface area (Å²) in [5.41, 5.74) is 1.12. The molecule has 1 aromatic rings. The third-order valence-corrected chi connectivity index (χ3v) is 3.45. The zero-order valence-electron chi connectivity index (χ0n) is 9.20. The Morgan fingerprint density at radius 1 is 1.47 bits per heavy atom. The van der Waals surface area contributed by atoms with E-state index in [0.717, 1.165) is 11.8 Å². The van der Waals surface area contributed by atoms with Crippen molar-refractivity contribution in [1.82, 2.24) is 0 Å². The molecule has 0 aliphatic carbocycles. The lowest BCUT2D eigenvalue weighted by Crippen LogP contribution is -2.15. The molecule has 1 aromatic carbocycles. The van der Waals surface area contributed by atoms with E-state index < -0.39 is 21.4 Å². The fourth-order valence-corrected chi connectivity index (χ4v) is 2.66. The van der Waals surface area contributed by atoms with Crippen LogP contribution < -0.4 is 4.74 Å². The van der Waals surface area contributed by atoms with Gasteiger partial charge >= 0.3 is 0 Å². The van der Waals surface area contributed by atoms with E-state index in [4.69, 9.17) is 16.3 Å². The highest BCUT2D eigenvalue weighted by molar-refractivity contribution is 7.91. The van der Waals surface area contributed by atoms with Crippen molar-refractivity contribution in [3.63, 3.8) is 0 Å². The van der Waals surface area contributed by atoms with Gasteiger partial charge in [0.05, 0.1) is 12.2 Å². The smallest absolute Gasteiger partial charge is 0.181 e. The van der Waals surface area contributed by atoms with Crippen molar-refractivity contribution in [3.05, 3.63) is 28.3 Å². The molecule has 0 saturated heterocycles. The van der Waals surface area contributed by atoms with Gasteiger partial charge in [-0.3, -0.25) is 4.79 Å². The molecule has 0 bridgehead atoms. The number of benzene rings is 1. The summed E-state index contributed by atoms with van der Waals surface area (Å²) in [4.78, 5) is 11.9. The Bertz CT molecular complexity index is 577. The number of hydrogen-bond donors (Lipinski definition) is 0. The molecule has 4 nitrogen and oxygen atoms in total. The molecule has 6 heteroatoms. The van der Waals surface area contributed by atoms with Crippen LogP contribution in [-0.4, -0.2) is 32.8 Å². The van der Waals surface area contributed by atoms with Crippen LogP contribution in [0.5, 0.6) is 5.75 Å². The lowest BCUT2D eigenvalue weighted by Gasteiger charge is -2.07. The first-order valence-electron chi connectivity index (χ1n) is 5.03. The minimum atomic E-state index is -3.35. The highest BCUT2D eigenvalue weighted by Gasteiger charge is 2.23. The van der Waals surface area contributed by atoms with Gasteiger partial charge in [-0.1, -0.05) is 11.6 Å². The van der Waals surface area contributed by atoms with Crippen molar-refractivity contribution in [2.45, 2.75) is 6.42 Å². The Morgan fingerprint density at radius 2 is 2.18 bits per heavy atom. The van der Waals surface area contributed by atoms with Crippen molar-refractivity contribution in [3.8, 4) is 5.75 Å². The molecule has 0 unspecified atom stereocenters. The Balaban J connectivity index is 2.42. The molecule has 92 valence electrons. The summed E-state index contributed by atoms with van der Waals surface area (Å²) in [6.45, 7) is 0.495. The SMILES string of the molecule is CS(=O)(=O)CC(=O)c1cc(Cl)cc2c1OCC2. The molecule has 0 atom stereocenters. The summed E-state index contributed by atoms with van der Waals surface area (Å²) < 4.78 is 27.6. The van der Waals surface area contributed by atoms with E-state index in [-0.39, 0.29) is 5.56 Å². The monoisotopic (exact) mass is 274 g/mol. The Kier molecular flexibility index (Phi) is 3.14. The number of rotatable bonds is 3. The van der Waals surface area contributed by atoms with Crippen molar-refractivity contribution in [2.75, 3.05) is 18.6 Å². The summed E-state index contributed by atoms with van der Waals surface area (Å²) in [6, 6.07) is 3.19. The van der Waals surface area contributed by atoms with Crippen LogP contribution in [0.15, 0.2) is 12.1 Å². The number of ketones is 1. The molecule has 0 spiro atoms. The molecule has 1 aliphatic rings. The van der Waals surface area contributed by atoms with Crippen LogP contribution in [0.25, 0.3) is 0 Å². The number of carbonyl (C=O) groups is 1. The van der Waals surface area contributed by atoms with Gasteiger partial charge in [0.15, 0.2) is 15.6 Å². The number of hydrogen-bond acceptors (Lipinski definition) is 4. The van der Waals surface area contributed by atoms with Crippen LogP contribution in [-0.2, 0) is 16.3 Å². The topological polar surface area (TPSA) is 60.4 Å². The molecular formula is C11H11ClO4S. The highest BCUT2D eigenvalue weighted by Crippen LogP contribution is 2.33. The third-order valence-electron chi connectivity index (χ3n) is 2.44. The van der Waals surface area contributed by atoms with E-state index >= 15 is 0 Å². The second-order valence-electron chi connectivity index (χ2n) is 4.03. The van der Waals surface area contributed by atoms with Gasteiger partial charge in [-0.05, 0) is 17.7 Å². The van der Waals surface area contributed by atoms with E-state index in [0.29, 0.717) is 23.8 Å². The van der Waals surface area contributed by atoms with Crippen LogP contribution in [0.3, 0.4) is 0 Å². The lowest BCUT2D eigenvalue weighted by molar-refractivity contribution is 0.101. The number of ether oxygens (including phenoxy) is 1. The maximum atomic E-state index is 11.9. The van der Waals surface area contributed by atoms with Gasteiger partial charge in [-0.2, -0.15) is 0 Å². The Hall–Kier alpha value is -1.07. The van der Waals surface area contributed by atoms with Crippen LogP contribution in [0, 0.1) is 0 Å². The number of halogens is 1. The minimum absolute atomic E-state index is 0.260. The zero-order chi connectivity index (χ0) is 12.6. The minimum Gasteiger partial charge on any atom is -0.492 e. The maximum Gasteiger partial charge on any atom is 0.181 e. The van der Waals surface area contributed by atoms with Crippen molar-refractivity contribution in [1.29, 1.82) is 0 Å². The molecule has 1 heterocycles. The fraction of sp³-hybridized carbons (Fsp3) is 0.364. The molecular weight excluding hydrogens is 264 g/mol. The highest BCUT2D eigenvalue weighted by atomic mass is 35.5. The van der Waals surface area contributed by atoms with Crippen molar-refractivity contribution in [2.24, 2.45) is 0 Å². The molecule has 0 aromatic heterocycles. The Labute approximate surface area is 104 Å². The summed E-state index contributed by atoms with van der Waals surface area (Å²) in [5, 5.41) is 0.422.